The molecule has 0 fully saturated rings. The van der Waals surface area contributed by atoms with Crippen LogP contribution in [0.4, 0.5) is 5.95 Å². The molecule has 0 aliphatic rings. The summed E-state index contributed by atoms with van der Waals surface area (Å²) in [5.74, 6) is 3.08. The monoisotopic (exact) mass is 251 g/mol. The molecule has 0 saturated carbocycles. The van der Waals surface area contributed by atoms with E-state index in [0.29, 0.717) is 23.8 Å². The van der Waals surface area contributed by atoms with Crippen molar-refractivity contribution in [2.24, 2.45) is 17.8 Å². The fraction of sp³-hybridized carbons (Fsp3) is 0.800. The fourth-order valence-corrected chi connectivity index (χ4v) is 2.49. The SMILES string of the molecule is Cc1cn(C(C)C)c(NCC(C(C)C)C(C)C)n1. The summed E-state index contributed by atoms with van der Waals surface area (Å²) >= 11 is 0. The Bertz CT molecular complexity index is 356. The average molecular weight is 251 g/mol. The van der Waals surface area contributed by atoms with Crippen LogP contribution in [0.15, 0.2) is 6.20 Å². The molecule has 0 radical (unpaired) electrons. The van der Waals surface area contributed by atoms with E-state index in [1.807, 2.05) is 6.92 Å². The smallest absolute Gasteiger partial charge is 0.203 e. The first-order valence-corrected chi connectivity index (χ1v) is 7.12. The Morgan fingerprint density at radius 3 is 2.11 bits per heavy atom. The first-order chi connectivity index (χ1) is 8.32. The van der Waals surface area contributed by atoms with E-state index >= 15 is 0 Å². The standard InChI is InChI=1S/C15H29N3/c1-10(2)14(11(3)4)8-16-15-17-13(7)9-18(15)12(5)6/h9-12,14H,8H2,1-7H3,(H,16,17). The lowest BCUT2D eigenvalue weighted by molar-refractivity contribution is 0.303. The molecular formula is C15H29N3. The second-order valence-electron chi connectivity index (χ2n) is 6.24. The summed E-state index contributed by atoms with van der Waals surface area (Å²) in [6.45, 7) is 16.6. The number of rotatable bonds is 6. The van der Waals surface area contributed by atoms with Crippen LogP contribution in [0.1, 0.15) is 53.3 Å². The largest absolute Gasteiger partial charge is 0.355 e. The van der Waals surface area contributed by atoms with E-state index in [4.69, 9.17) is 0 Å². The average Bonchev–Trinajstić information content (AvgIpc) is 2.59. The molecule has 1 aromatic heterocycles. The number of nitrogens with zero attached hydrogens (tertiary/aromatic N) is 2. The number of nitrogens with one attached hydrogen (secondary N) is 1. The third-order valence-electron chi connectivity index (χ3n) is 3.62. The quantitative estimate of drug-likeness (QED) is 0.824. The highest BCUT2D eigenvalue weighted by Crippen LogP contribution is 2.22. The molecule has 1 N–H and O–H groups in total. The Hall–Kier alpha value is -0.990. The molecule has 0 spiro atoms. The Kier molecular flexibility index (Phi) is 5.24. The Morgan fingerprint density at radius 2 is 1.67 bits per heavy atom. The van der Waals surface area contributed by atoms with Crippen LogP contribution in [0.3, 0.4) is 0 Å². The van der Waals surface area contributed by atoms with Crippen LogP contribution in [-0.4, -0.2) is 16.1 Å². The van der Waals surface area contributed by atoms with Crippen molar-refractivity contribution in [3.8, 4) is 0 Å². The zero-order valence-electron chi connectivity index (χ0n) is 13.0. The minimum atomic E-state index is 0.449. The molecular weight excluding hydrogens is 222 g/mol. The van der Waals surface area contributed by atoms with E-state index < -0.39 is 0 Å². The van der Waals surface area contributed by atoms with Gasteiger partial charge in [-0.1, -0.05) is 27.7 Å². The summed E-state index contributed by atoms with van der Waals surface area (Å²) < 4.78 is 2.22. The van der Waals surface area contributed by atoms with Crippen molar-refractivity contribution >= 4 is 5.95 Å². The van der Waals surface area contributed by atoms with Gasteiger partial charge in [-0.05, 0) is 38.5 Å². The Morgan fingerprint density at radius 1 is 1.11 bits per heavy atom. The van der Waals surface area contributed by atoms with E-state index in [-0.39, 0.29) is 0 Å². The van der Waals surface area contributed by atoms with Gasteiger partial charge in [0.15, 0.2) is 0 Å². The lowest BCUT2D eigenvalue weighted by atomic mass is 9.85. The zero-order valence-corrected chi connectivity index (χ0v) is 13.0. The van der Waals surface area contributed by atoms with E-state index in [0.717, 1.165) is 18.2 Å². The van der Waals surface area contributed by atoms with E-state index in [1.165, 1.54) is 0 Å². The molecule has 1 rings (SSSR count). The number of hydrogen-bond donors (Lipinski definition) is 1. The molecule has 104 valence electrons. The number of anilines is 1. The molecule has 0 amide bonds. The molecule has 18 heavy (non-hydrogen) atoms. The summed E-state index contributed by atoms with van der Waals surface area (Å²) in [4.78, 5) is 4.57. The second kappa shape index (κ2) is 6.26. The normalized spacial score (nSPS) is 12.2. The zero-order chi connectivity index (χ0) is 13.9. The van der Waals surface area contributed by atoms with Crippen molar-refractivity contribution < 1.29 is 0 Å². The van der Waals surface area contributed by atoms with Crippen LogP contribution in [-0.2, 0) is 0 Å². The van der Waals surface area contributed by atoms with Gasteiger partial charge in [-0.25, -0.2) is 4.98 Å². The third kappa shape index (κ3) is 3.76. The van der Waals surface area contributed by atoms with Crippen LogP contribution in [0.5, 0.6) is 0 Å². The van der Waals surface area contributed by atoms with Gasteiger partial charge in [0, 0.05) is 18.8 Å². The van der Waals surface area contributed by atoms with Gasteiger partial charge in [0.2, 0.25) is 5.95 Å². The van der Waals surface area contributed by atoms with Gasteiger partial charge in [0.05, 0.1) is 5.69 Å². The number of imidazole rings is 1. The molecule has 1 heterocycles. The fourth-order valence-electron chi connectivity index (χ4n) is 2.49. The summed E-state index contributed by atoms with van der Waals surface area (Å²) in [6, 6.07) is 0.449. The first-order valence-electron chi connectivity index (χ1n) is 7.12. The van der Waals surface area contributed by atoms with Crippen molar-refractivity contribution in [1.29, 1.82) is 0 Å². The lowest BCUT2D eigenvalue weighted by Crippen LogP contribution is -2.25. The third-order valence-corrected chi connectivity index (χ3v) is 3.62. The molecule has 0 aliphatic heterocycles. The first kappa shape index (κ1) is 15.1. The van der Waals surface area contributed by atoms with Gasteiger partial charge in [0.25, 0.3) is 0 Å². The van der Waals surface area contributed by atoms with Crippen molar-refractivity contribution in [1.82, 2.24) is 9.55 Å². The van der Waals surface area contributed by atoms with Crippen LogP contribution in [0.25, 0.3) is 0 Å². The predicted octanol–water partition coefficient (Wildman–Crippen LogP) is 4.11. The number of aryl methyl sites for hydroxylation is 1. The van der Waals surface area contributed by atoms with Gasteiger partial charge >= 0.3 is 0 Å². The summed E-state index contributed by atoms with van der Waals surface area (Å²) in [5, 5.41) is 3.53. The summed E-state index contributed by atoms with van der Waals surface area (Å²) in [6.07, 6.45) is 2.12. The molecule has 0 aromatic carbocycles. The van der Waals surface area contributed by atoms with Gasteiger partial charge < -0.3 is 9.88 Å². The molecule has 0 atom stereocenters. The van der Waals surface area contributed by atoms with Crippen LogP contribution in [0.2, 0.25) is 0 Å². The summed E-state index contributed by atoms with van der Waals surface area (Å²) in [5.41, 5.74) is 1.08. The minimum Gasteiger partial charge on any atom is -0.355 e. The van der Waals surface area contributed by atoms with Crippen molar-refractivity contribution in [3.63, 3.8) is 0 Å². The van der Waals surface area contributed by atoms with E-state index in [2.05, 4.69) is 62.6 Å². The molecule has 3 heteroatoms. The van der Waals surface area contributed by atoms with Crippen LogP contribution >= 0.6 is 0 Å². The van der Waals surface area contributed by atoms with Crippen molar-refractivity contribution in [2.45, 2.75) is 54.5 Å². The van der Waals surface area contributed by atoms with E-state index in [9.17, 15) is 0 Å². The topological polar surface area (TPSA) is 29.9 Å². The highest BCUT2D eigenvalue weighted by Gasteiger charge is 2.18. The highest BCUT2D eigenvalue weighted by atomic mass is 15.2. The maximum Gasteiger partial charge on any atom is 0.203 e. The maximum absolute atomic E-state index is 4.57. The second-order valence-corrected chi connectivity index (χ2v) is 6.24. The van der Waals surface area contributed by atoms with Crippen molar-refractivity contribution in [3.05, 3.63) is 11.9 Å². The Balaban J connectivity index is 2.73. The van der Waals surface area contributed by atoms with Crippen LogP contribution < -0.4 is 5.32 Å². The molecule has 0 aliphatic carbocycles. The summed E-state index contributed by atoms with van der Waals surface area (Å²) in [7, 11) is 0. The number of aromatic nitrogens is 2. The van der Waals surface area contributed by atoms with Gasteiger partial charge in [-0.3, -0.25) is 0 Å². The van der Waals surface area contributed by atoms with Gasteiger partial charge in [0.1, 0.15) is 0 Å². The van der Waals surface area contributed by atoms with E-state index in [1.54, 1.807) is 0 Å². The maximum atomic E-state index is 4.57. The molecule has 0 bridgehead atoms. The highest BCUT2D eigenvalue weighted by molar-refractivity contribution is 5.29. The molecule has 3 nitrogen and oxygen atoms in total. The minimum absolute atomic E-state index is 0.449. The lowest BCUT2D eigenvalue weighted by Gasteiger charge is -2.25. The van der Waals surface area contributed by atoms with Gasteiger partial charge in [-0.15, -0.1) is 0 Å². The van der Waals surface area contributed by atoms with Crippen molar-refractivity contribution in [2.75, 3.05) is 11.9 Å². The van der Waals surface area contributed by atoms with Gasteiger partial charge in [-0.2, -0.15) is 0 Å². The number of hydrogen-bond acceptors (Lipinski definition) is 2. The van der Waals surface area contributed by atoms with Crippen LogP contribution in [0, 0.1) is 24.7 Å². The molecule has 0 saturated heterocycles. The molecule has 1 aromatic rings. The molecule has 0 unspecified atom stereocenters. The Labute approximate surface area is 112 Å². The predicted molar refractivity (Wildman–Crippen MR) is 79.0 cm³/mol.